The van der Waals surface area contributed by atoms with Crippen LogP contribution >= 0.6 is 43.6 Å². The number of rotatable bonds is 1. The molecule has 0 fully saturated rings. The van der Waals surface area contributed by atoms with Gasteiger partial charge in [0.25, 0.3) is 0 Å². The van der Waals surface area contributed by atoms with E-state index in [2.05, 4.69) is 64.8 Å². The van der Waals surface area contributed by atoms with Gasteiger partial charge in [0.2, 0.25) is 0 Å². The molecule has 0 aliphatic carbocycles. The molecule has 0 amide bonds. The van der Waals surface area contributed by atoms with Crippen LogP contribution in [-0.4, -0.2) is 4.75 Å². The molecule has 1 aromatic carbocycles. The third-order valence-electron chi connectivity index (χ3n) is 1.33. The largest absolute Gasteiger partial charge is 0.118 e. The molecule has 0 spiro atoms. The van der Waals surface area contributed by atoms with Crippen molar-refractivity contribution >= 4 is 43.6 Å². The van der Waals surface area contributed by atoms with Crippen molar-refractivity contribution in [2.75, 3.05) is 0 Å². The number of thioether (sulfide) groups is 1. The van der Waals surface area contributed by atoms with Gasteiger partial charge in [0.05, 0.1) is 0 Å². The fourth-order valence-corrected chi connectivity index (χ4v) is 3.31. The van der Waals surface area contributed by atoms with E-state index in [0.717, 1.165) is 8.95 Å². The molecule has 72 valence electrons. The number of hydrogen-bond acceptors (Lipinski definition) is 1. The normalized spacial score (nSPS) is 11.8. The molecule has 0 aliphatic rings. The molecule has 0 radical (unpaired) electrons. The first-order valence-corrected chi connectivity index (χ1v) is 6.43. The van der Waals surface area contributed by atoms with Crippen LogP contribution in [0.4, 0.5) is 0 Å². The van der Waals surface area contributed by atoms with Gasteiger partial charge in [-0.3, -0.25) is 0 Å². The van der Waals surface area contributed by atoms with Gasteiger partial charge in [0.15, 0.2) is 0 Å². The van der Waals surface area contributed by atoms with E-state index in [1.165, 1.54) is 4.90 Å². The second-order valence-corrected chi connectivity index (χ2v) is 7.31. The molecule has 0 bridgehead atoms. The predicted octanol–water partition coefficient (Wildman–Crippen LogP) is 5.10. The van der Waals surface area contributed by atoms with Crippen LogP contribution in [0.25, 0.3) is 0 Å². The zero-order valence-corrected chi connectivity index (χ0v) is 11.9. The van der Waals surface area contributed by atoms with E-state index >= 15 is 0 Å². The van der Waals surface area contributed by atoms with Crippen molar-refractivity contribution in [2.45, 2.75) is 30.4 Å². The Hall–Kier alpha value is 0.530. The van der Waals surface area contributed by atoms with Crippen LogP contribution in [0.15, 0.2) is 32.0 Å². The summed E-state index contributed by atoms with van der Waals surface area (Å²) in [4.78, 5) is 1.27. The fourth-order valence-electron chi connectivity index (χ4n) is 0.886. The highest BCUT2D eigenvalue weighted by atomic mass is 79.9. The summed E-state index contributed by atoms with van der Waals surface area (Å²) in [5.74, 6) is 0. The van der Waals surface area contributed by atoms with Crippen LogP contribution in [0, 0.1) is 0 Å². The first-order chi connectivity index (χ1) is 5.90. The monoisotopic (exact) mass is 322 g/mol. The van der Waals surface area contributed by atoms with Gasteiger partial charge in [-0.05, 0) is 44.0 Å². The number of benzene rings is 1. The Morgan fingerprint density at radius 1 is 1.08 bits per heavy atom. The summed E-state index contributed by atoms with van der Waals surface area (Å²) >= 11 is 8.96. The van der Waals surface area contributed by atoms with Crippen molar-refractivity contribution in [1.82, 2.24) is 0 Å². The third-order valence-corrected chi connectivity index (χ3v) is 4.43. The van der Waals surface area contributed by atoms with Crippen molar-refractivity contribution < 1.29 is 0 Å². The Balaban J connectivity index is 3.00. The molecule has 0 aromatic heterocycles. The highest BCUT2D eigenvalue weighted by molar-refractivity contribution is 9.11. The molecule has 3 heteroatoms. The molecule has 0 saturated carbocycles. The first-order valence-electron chi connectivity index (χ1n) is 4.03. The van der Waals surface area contributed by atoms with E-state index in [9.17, 15) is 0 Å². The van der Waals surface area contributed by atoms with Crippen molar-refractivity contribution in [3.63, 3.8) is 0 Å². The molecule has 0 saturated heterocycles. The van der Waals surface area contributed by atoms with Crippen molar-refractivity contribution in [2.24, 2.45) is 0 Å². The third kappa shape index (κ3) is 3.64. The minimum absolute atomic E-state index is 0.242. The molecule has 0 nitrogen and oxygen atoms in total. The van der Waals surface area contributed by atoms with E-state index in [1.54, 1.807) is 0 Å². The lowest BCUT2D eigenvalue weighted by Crippen LogP contribution is -2.06. The standard InChI is InChI=1S/C10H12Br2S/c1-10(2,3)13-9-7(11)5-4-6-8(9)12/h4-6H,1-3H3. The van der Waals surface area contributed by atoms with Crippen molar-refractivity contribution in [1.29, 1.82) is 0 Å². The van der Waals surface area contributed by atoms with E-state index in [0.29, 0.717) is 0 Å². The van der Waals surface area contributed by atoms with Crippen LogP contribution in [0.2, 0.25) is 0 Å². The lowest BCUT2D eigenvalue weighted by molar-refractivity contribution is 0.802. The van der Waals surface area contributed by atoms with Crippen LogP contribution in [0.1, 0.15) is 20.8 Å². The van der Waals surface area contributed by atoms with Gasteiger partial charge in [0.1, 0.15) is 0 Å². The Labute approximate surface area is 101 Å². The maximum Gasteiger partial charge on any atom is 0.0362 e. The van der Waals surface area contributed by atoms with Crippen LogP contribution in [0.3, 0.4) is 0 Å². The molecule has 0 aliphatic heterocycles. The van der Waals surface area contributed by atoms with Gasteiger partial charge in [-0.2, -0.15) is 0 Å². The lowest BCUT2D eigenvalue weighted by Gasteiger charge is -2.19. The highest BCUT2D eigenvalue weighted by Crippen LogP contribution is 2.40. The summed E-state index contributed by atoms with van der Waals surface area (Å²) in [6.45, 7) is 6.64. The first kappa shape index (κ1) is 11.6. The Morgan fingerprint density at radius 3 is 1.92 bits per heavy atom. The SMILES string of the molecule is CC(C)(C)Sc1c(Br)cccc1Br. The maximum atomic E-state index is 3.55. The summed E-state index contributed by atoms with van der Waals surface area (Å²) in [6, 6.07) is 6.17. The topological polar surface area (TPSA) is 0 Å². The average Bonchev–Trinajstić information content (AvgIpc) is 1.95. The lowest BCUT2D eigenvalue weighted by atomic mass is 10.3. The minimum Gasteiger partial charge on any atom is -0.118 e. The zero-order chi connectivity index (χ0) is 10.1. The Morgan fingerprint density at radius 2 is 1.54 bits per heavy atom. The fraction of sp³-hybridized carbons (Fsp3) is 0.400. The summed E-state index contributed by atoms with van der Waals surface area (Å²) in [7, 11) is 0. The second kappa shape index (κ2) is 4.37. The molecule has 1 aromatic rings. The molecular formula is C10H12Br2S. The maximum absolute atomic E-state index is 3.55. The van der Waals surface area contributed by atoms with Crippen LogP contribution < -0.4 is 0 Å². The van der Waals surface area contributed by atoms with Gasteiger partial charge in [0, 0.05) is 18.6 Å². The molecule has 0 N–H and O–H groups in total. The molecular weight excluding hydrogens is 312 g/mol. The zero-order valence-electron chi connectivity index (χ0n) is 7.90. The molecule has 0 atom stereocenters. The molecule has 0 unspecified atom stereocenters. The smallest absolute Gasteiger partial charge is 0.0362 e. The minimum atomic E-state index is 0.242. The highest BCUT2D eigenvalue weighted by Gasteiger charge is 2.15. The molecule has 0 heterocycles. The Bertz CT molecular complexity index is 282. The van der Waals surface area contributed by atoms with Gasteiger partial charge >= 0.3 is 0 Å². The van der Waals surface area contributed by atoms with Gasteiger partial charge in [-0.15, -0.1) is 11.8 Å². The van der Waals surface area contributed by atoms with Crippen LogP contribution in [0.5, 0.6) is 0 Å². The van der Waals surface area contributed by atoms with Gasteiger partial charge < -0.3 is 0 Å². The van der Waals surface area contributed by atoms with E-state index < -0.39 is 0 Å². The summed E-state index contributed by atoms with van der Waals surface area (Å²) in [5, 5.41) is 0. The average molecular weight is 324 g/mol. The van der Waals surface area contributed by atoms with Gasteiger partial charge in [-0.25, -0.2) is 0 Å². The molecule has 13 heavy (non-hydrogen) atoms. The summed E-state index contributed by atoms with van der Waals surface area (Å²) in [6.07, 6.45) is 0. The van der Waals surface area contributed by atoms with Crippen LogP contribution in [-0.2, 0) is 0 Å². The van der Waals surface area contributed by atoms with E-state index in [-0.39, 0.29) is 4.75 Å². The van der Waals surface area contributed by atoms with Gasteiger partial charge in [-0.1, -0.05) is 26.8 Å². The van der Waals surface area contributed by atoms with E-state index in [1.807, 2.05) is 17.8 Å². The van der Waals surface area contributed by atoms with Crippen molar-refractivity contribution in [3.05, 3.63) is 27.1 Å². The quantitative estimate of drug-likeness (QED) is 0.648. The summed E-state index contributed by atoms with van der Waals surface area (Å²) < 4.78 is 2.55. The number of halogens is 2. The van der Waals surface area contributed by atoms with Crippen molar-refractivity contribution in [3.8, 4) is 0 Å². The predicted molar refractivity (Wildman–Crippen MR) is 67.5 cm³/mol. The summed E-state index contributed by atoms with van der Waals surface area (Å²) in [5.41, 5.74) is 0. The van der Waals surface area contributed by atoms with E-state index in [4.69, 9.17) is 0 Å². The molecule has 1 rings (SSSR count). The second-order valence-electron chi connectivity index (χ2n) is 3.77. The number of hydrogen-bond donors (Lipinski definition) is 0. The Kier molecular flexibility index (Phi) is 3.90.